The second kappa shape index (κ2) is 5.27. The quantitative estimate of drug-likeness (QED) is 0.775. The molecule has 2 nitrogen and oxygen atoms in total. The van der Waals surface area contributed by atoms with Gasteiger partial charge in [-0.2, -0.15) is 0 Å². The van der Waals surface area contributed by atoms with E-state index in [4.69, 9.17) is 11.5 Å². The first-order valence-corrected chi connectivity index (χ1v) is 6.82. The first kappa shape index (κ1) is 16.9. The maximum absolute atomic E-state index is 6.48. The minimum atomic E-state index is -0.135. The van der Waals surface area contributed by atoms with Crippen molar-refractivity contribution in [3.05, 3.63) is 0 Å². The molecule has 0 radical (unpaired) electrons. The second-order valence-corrected chi connectivity index (χ2v) is 8.08. The van der Waals surface area contributed by atoms with E-state index in [9.17, 15) is 0 Å². The van der Waals surface area contributed by atoms with Crippen LogP contribution in [0.4, 0.5) is 0 Å². The lowest BCUT2D eigenvalue weighted by Crippen LogP contribution is -2.48. The number of hydrogen-bond donors (Lipinski definition) is 2. The third-order valence-electron chi connectivity index (χ3n) is 4.34. The average Bonchev–Trinajstić information content (AvgIpc) is 1.98. The third-order valence-corrected chi connectivity index (χ3v) is 4.34. The zero-order valence-corrected chi connectivity index (χ0v) is 13.2. The molecule has 0 aliphatic heterocycles. The molecule has 104 valence electrons. The molecule has 0 aromatic rings. The molecule has 0 saturated heterocycles. The highest BCUT2D eigenvalue weighted by Crippen LogP contribution is 2.37. The van der Waals surface area contributed by atoms with E-state index in [1.165, 1.54) is 0 Å². The van der Waals surface area contributed by atoms with Crippen LogP contribution in [-0.4, -0.2) is 11.6 Å². The van der Waals surface area contributed by atoms with Gasteiger partial charge >= 0.3 is 0 Å². The van der Waals surface area contributed by atoms with Crippen LogP contribution in [0.1, 0.15) is 68.2 Å². The Morgan fingerprint density at radius 1 is 0.941 bits per heavy atom. The largest absolute Gasteiger partial charge is 0.327 e. The van der Waals surface area contributed by atoms with Crippen molar-refractivity contribution in [3.8, 4) is 0 Å². The minimum Gasteiger partial charge on any atom is -0.327 e. The number of rotatable bonds is 5. The molecule has 0 aromatic heterocycles. The molecule has 0 heterocycles. The molecule has 3 unspecified atom stereocenters. The smallest absolute Gasteiger partial charge is 0.0134 e. The van der Waals surface area contributed by atoms with Gasteiger partial charge in [-0.15, -0.1) is 0 Å². The molecule has 0 aliphatic carbocycles. The van der Waals surface area contributed by atoms with Crippen LogP contribution in [0, 0.1) is 16.7 Å². The predicted octanol–water partition coefficient (Wildman–Crippen LogP) is 3.54. The third kappa shape index (κ3) is 5.87. The predicted molar refractivity (Wildman–Crippen MR) is 77.9 cm³/mol. The van der Waals surface area contributed by atoms with E-state index in [1.54, 1.807) is 0 Å². The van der Waals surface area contributed by atoms with E-state index >= 15 is 0 Å². The number of nitrogens with two attached hydrogens (primary N) is 2. The van der Waals surface area contributed by atoms with Crippen LogP contribution >= 0.6 is 0 Å². The minimum absolute atomic E-state index is 0.0983. The van der Waals surface area contributed by atoms with Gasteiger partial charge in [0.1, 0.15) is 0 Å². The monoisotopic (exact) mass is 242 g/mol. The van der Waals surface area contributed by atoms with E-state index in [0.29, 0.717) is 11.3 Å². The van der Waals surface area contributed by atoms with Gasteiger partial charge in [-0.05, 0) is 43.4 Å². The summed E-state index contributed by atoms with van der Waals surface area (Å²) in [5.41, 5.74) is 12.8. The first-order chi connectivity index (χ1) is 7.28. The maximum Gasteiger partial charge on any atom is 0.0134 e. The van der Waals surface area contributed by atoms with Crippen LogP contribution < -0.4 is 11.5 Å². The fourth-order valence-corrected chi connectivity index (χ4v) is 2.28. The van der Waals surface area contributed by atoms with Gasteiger partial charge in [0.05, 0.1) is 0 Å². The zero-order chi connectivity index (χ0) is 14.1. The Kier molecular flexibility index (Phi) is 5.25. The van der Waals surface area contributed by atoms with E-state index in [2.05, 4.69) is 55.4 Å². The van der Waals surface area contributed by atoms with Crippen LogP contribution in [0.2, 0.25) is 0 Å². The molecule has 0 fully saturated rings. The molecule has 3 atom stereocenters. The van der Waals surface area contributed by atoms with E-state index in [-0.39, 0.29) is 17.0 Å². The molecule has 4 N–H and O–H groups in total. The van der Waals surface area contributed by atoms with Crippen molar-refractivity contribution in [2.45, 2.75) is 79.8 Å². The lowest BCUT2D eigenvalue weighted by Gasteiger charge is -2.41. The van der Waals surface area contributed by atoms with Gasteiger partial charge in [-0.1, -0.05) is 41.5 Å². The molecule has 0 aromatic carbocycles. The van der Waals surface area contributed by atoms with E-state index in [0.717, 1.165) is 12.8 Å². The molecular weight excluding hydrogens is 208 g/mol. The highest BCUT2D eigenvalue weighted by Gasteiger charge is 2.35. The van der Waals surface area contributed by atoms with Crippen LogP contribution in [0.3, 0.4) is 0 Å². The van der Waals surface area contributed by atoms with Gasteiger partial charge in [0.25, 0.3) is 0 Å². The first-order valence-electron chi connectivity index (χ1n) is 6.82. The van der Waals surface area contributed by atoms with Crippen molar-refractivity contribution in [1.82, 2.24) is 0 Å². The van der Waals surface area contributed by atoms with Gasteiger partial charge in [0.2, 0.25) is 0 Å². The van der Waals surface area contributed by atoms with Gasteiger partial charge in [-0.3, -0.25) is 0 Å². The second-order valence-electron chi connectivity index (χ2n) is 8.08. The van der Waals surface area contributed by atoms with Crippen molar-refractivity contribution in [1.29, 1.82) is 0 Å². The molecule has 0 rings (SSSR count). The Balaban J connectivity index is 4.60. The summed E-state index contributed by atoms with van der Waals surface area (Å²) in [5.74, 6) is 0.612. The van der Waals surface area contributed by atoms with Crippen LogP contribution in [0.15, 0.2) is 0 Å². The highest BCUT2D eigenvalue weighted by molar-refractivity contribution is 4.92. The molecule has 2 heteroatoms. The molecule has 0 amide bonds. The topological polar surface area (TPSA) is 52.0 Å². The summed E-state index contributed by atoms with van der Waals surface area (Å²) in [7, 11) is 0. The van der Waals surface area contributed by atoms with Crippen molar-refractivity contribution >= 4 is 0 Å². The SMILES string of the molecule is CC(CC(C)(N)CC(C)(C)C(C)N)C(C)(C)C. The molecule has 0 aliphatic rings. The van der Waals surface area contributed by atoms with Gasteiger partial charge in [0, 0.05) is 11.6 Å². The van der Waals surface area contributed by atoms with Gasteiger partial charge in [-0.25, -0.2) is 0 Å². The lowest BCUT2D eigenvalue weighted by molar-refractivity contribution is 0.150. The summed E-state index contributed by atoms with van der Waals surface area (Å²) < 4.78 is 0. The molecule has 0 saturated carbocycles. The van der Waals surface area contributed by atoms with E-state index in [1.807, 2.05) is 0 Å². The van der Waals surface area contributed by atoms with Crippen molar-refractivity contribution in [2.24, 2.45) is 28.2 Å². The molecule has 0 bridgehead atoms. The normalized spacial score (nSPS) is 20.8. The summed E-state index contributed by atoms with van der Waals surface area (Å²) in [5, 5.41) is 0. The average molecular weight is 242 g/mol. The lowest BCUT2D eigenvalue weighted by atomic mass is 9.69. The maximum atomic E-state index is 6.48. The van der Waals surface area contributed by atoms with E-state index < -0.39 is 0 Å². The summed E-state index contributed by atoms with van der Waals surface area (Å²) in [6, 6.07) is 0.176. The van der Waals surface area contributed by atoms with Crippen molar-refractivity contribution in [3.63, 3.8) is 0 Å². The Hall–Kier alpha value is -0.0800. The molecule has 0 spiro atoms. The summed E-state index contributed by atoms with van der Waals surface area (Å²) in [6.07, 6.45) is 2.02. The highest BCUT2D eigenvalue weighted by atomic mass is 14.8. The fourth-order valence-electron chi connectivity index (χ4n) is 2.28. The zero-order valence-electron chi connectivity index (χ0n) is 13.2. The van der Waals surface area contributed by atoms with Gasteiger partial charge < -0.3 is 11.5 Å². The summed E-state index contributed by atoms with van der Waals surface area (Å²) >= 11 is 0. The Morgan fingerprint density at radius 3 is 1.65 bits per heavy atom. The Bertz CT molecular complexity index is 234. The number of hydrogen-bond acceptors (Lipinski definition) is 2. The van der Waals surface area contributed by atoms with Crippen molar-refractivity contribution in [2.75, 3.05) is 0 Å². The summed E-state index contributed by atoms with van der Waals surface area (Å²) in [4.78, 5) is 0. The van der Waals surface area contributed by atoms with Gasteiger partial charge in [0.15, 0.2) is 0 Å². The van der Waals surface area contributed by atoms with Crippen molar-refractivity contribution < 1.29 is 0 Å². The summed E-state index contributed by atoms with van der Waals surface area (Å²) in [6.45, 7) is 17.8. The van der Waals surface area contributed by atoms with Crippen LogP contribution in [-0.2, 0) is 0 Å². The fraction of sp³-hybridized carbons (Fsp3) is 1.00. The Morgan fingerprint density at radius 2 is 1.35 bits per heavy atom. The Labute approximate surface area is 109 Å². The standard InChI is InChI=1S/C15H34N2/c1-11(13(3,4)5)9-15(8,17)10-14(6,7)12(2)16/h11-12H,9-10,16-17H2,1-8H3. The molecular formula is C15H34N2. The van der Waals surface area contributed by atoms with Crippen LogP contribution in [0.5, 0.6) is 0 Å². The molecule has 17 heavy (non-hydrogen) atoms. The van der Waals surface area contributed by atoms with Crippen LogP contribution in [0.25, 0.3) is 0 Å².